The van der Waals surface area contributed by atoms with E-state index in [1.165, 1.54) is 37.7 Å². The van der Waals surface area contributed by atoms with Gasteiger partial charge in [0.05, 0.1) is 0 Å². The van der Waals surface area contributed by atoms with Gasteiger partial charge < -0.3 is 10.4 Å². The predicted octanol–water partition coefficient (Wildman–Crippen LogP) is 1.94. The van der Waals surface area contributed by atoms with E-state index in [0.717, 1.165) is 24.9 Å². The monoisotopic (exact) mass is 272 g/mol. The van der Waals surface area contributed by atoms with Gasteiger partial charge in [-0.15, -0.1) is 0 Å². The summed E-state index contributed by atoms with van der Waals surface area (Å²) in [4.78, 5) is 0. The second kappa shape index (κ2) is 4.85. The Labute approximate surface area is 121 Å². The second-order valence-corrected chi connectivity index (χ2v) is 7.48. The van der Waals surface area contributed by atoms with Gasteiger partial charge in [-0.3, -0.25) is 0 Å². The third kappa shape index (κ3) is 2.10. The lowest BCUT2D eigenvalue weighted by molar-refractivity contribution is -0.687. The summed E-state index contributed by atoms with van der Waals surface area (Å²) >= 11 is 0. The van der Waals surface area contributed by atoms with E-state index in [-0.39, 0.29) is 5.60 Å². The van der Waals surface area contributed by atoms with E-state index in [1.807, 2.05) is 0 Å². The first-order chi connectivity index (χ1) is 9.74. The van der Waals surface area contributed by atoms with E-state index in [1.54, 1.807) is 0 Å². The molecule has 4 saturated carbocycles. The molecule has 108 valence electrons. The van der Waals surface area contributed by atoms with E-state index in [0.29, 0.717) is 11.8 Å². The topological polar surface area (TPSA) is 36.8 Å². The molecule has 2 nitrogen and oxygen atoms in total. The molecule has 4 fully saturated rings. The SMILES string of the molecule is OC1(C[NH2+]Cc2ccccc2)C2CC3CC(C2)CC1C3. The quantitative estimate of drug-likeness (QED) is 0.863. The molecule has 4 aliphatic rings. The summed E-state index contributed by atoms with van der Waals surface area (Å²) in [6.07, 6.45) is 6.63. The fourth-order valence-electron chi connectivity index (χ4n) is 5.42. The second-order valence-electron chi connectivity index (χ2n) is 7.48. The van der Waals surface area contributed by atoms with Gasteiger partial charge >= 0.3 is 0 Å². The number of benzene rings is 1. The molecule has 0 aliphatic heterocycles. The van der Waals surface area contributed by atoms with Gasteiger partial charge in [-0.2, -0.15) is 0 Å². The predicted molar refractivity (Wildman–Crippen MR) is 78.9 cm³/mol. The van der Waals surface area contributed by atoms with Crippen LogP contribution in [-0.2, 0) is 6.54 Å². The molecule has 1 aromatic rings. The average Bonchev–Trinajstić information content (AvgIpc) is 2.45. The van der Waals surface area contributed by atoms with Crippen molar-refractivity contribution in [2.24, 2.45) is 23.7 Å². The van der Waals surface area contributed by atoms with Crippen molar-refractivity contribution in [1.82, 2.24) is 0 Å². The minimum Gasteiger partial charge on any atom is -0.383 e. The molecule has 5 rings (SSSR count). The van der Waals surface area contributed by atoms with Crippen LogP contribution < -0.4 is 5.32 Å². The number of aliphatic hydroxyl groups is 1. The Kier molecular flexibility index (Phi) is 3.12. The average molecular weight is 272 g/mol. The van der Waals surface area contributed by atoms with Gasteiger partial charge in [-0.05, 0) is 55.8 Å². The number of hydrogen-bond acceptors (Lipinski definition) is 1. The van der Waals surface area contributed by atoms with Crippen molar-refractivity contribution in [1.29, 1.82) is 0 Å². The maximum atomic E-state index is 11.2. The highest BCUT2D eigenvalue weighted by Crippen LogP contribution is 2.57. The summed E-state index contributed by atoms with van der Waals surface area (Å²) in [7, 11) is 0. The zero-order valence-corrected chi connectivity index (χ0v) is 12.2. The number of nitrogens with two attached hydrogens (primary N) is 1. The third-order valence-electron chi connectivity index (χ3n) is 6.25. The normalized spacial score (nSPS) is 42.0. The van der Waals surface area contributed by atoms with Crippen LogP contribution in [-0.4, -0.2) is 17.3 Å². The van der Waals surface area contributed by atoms with Gasteiger partial charge in [-0.1, -0.05) is 30.3 Å². The highest BCUT2D eigenvalue weighted by molar-refractivity contribution is 5.13. The lowest BCUT2D eigenvalue weighted by Gasteiger charge is -2.58. The molecule has 0 unspecified atom stereocenters. The maximum absolute atomic E-state index is 11.2. The molecule has 4 aliphatic carbocycles. The molecular formula is C18H26NO+. The van der Waals surface area contributed by atoms with Crippen LogP contribution in [0.2, 0.25) is 0 Å². The van der Waals surface area contributed by atoms with Crippen LogP contribution in [0.25, 0.3) is 0 Å². The Bertz CT molecular complexity index is 442. The Balaban J connectivity index is 1.40. The van der Waals surface area contributed by atoms with E-state index >= 15 is 0 Å². The van der Waals surface area contributed by atoms with Gasteiger partial charge in [0.15, 0.2) is 0 Å². The molecule has 4 bridgehead atoms. The van der Waals surface area contributed by atoms with Crippen LogP contribution in [0.1, 0.15) is 37.7 Å². The van der Waals surface area contributed by atoms with Crippen LogP contribution in [0.4, 0.5) is 0 Å². The van der Waals surface area contributed by atoms with Crippen LogP contribution in [0.3, 0.4) is 0 Å². The molecule has 0 saturated heterocycles. The lowest BCUT2D eigenvalue weighted by atomic mass is 9.50. The van der Waals surface area contributed by atoms with Crippen LogP contribution in [0.15, 0.2) is 30.3 Å². The Morgan fingerprint density at radius 1 is 0.950 bits per heavy atom. The lowest BCUT2D eigenvalue weighted by Crippen LogP contribution is -2.89. The molecule has 0 aromatic heterocycles. The first-order valence-corrected chi connectivity index (χ1v) is 8.32. The highest BCUT2D eigenvalue weighted by atomic mass is 16.3. The molecular weight excluding hydrogens is 246 g/mol. The third-order valence-corrected chi connectivity index (χ3v) is 6.25. The zero-order valence-electron chi connectivity index (χ0n) is 12.2. The van der Waals surface area contributed by atoms with Crippen LogP contribution >= 0.6 is 0 Å². The summed E-state index contributed by atoms with van der Waals surface area (Å²) in [6.45, 7) is 1.89. The van der Waals surface area contributed by atoms with Gasteiger partial charge in [-0.25, -0.2) is 0 Å². The molecule has 0 spiro atoms. The van der Waals surface area contributed by atoms with E-state index in [2.05, 4.69) is 35.6 Å². The molecule has 0 heterocycles. The van der Waals surface area contributed by atoms with Crippen molar-refractivity contribution < 1.29 is 10.4 Å². The Morgan fingerprint density at radius 2 is 1.55 bits per heavy atom. The summed E-state index contributed by atoms with van der Waals surface area (Å²) in [5, 5.41) is 13.6. The van der Waals surface area contributed by atoms with E-state index in [9.17, 15) is 5.11 Å². The molecule has 0 atom stereocenters. The zero-order chi connectivity index (χ0) is 13.6. The molecule has 1 aromatic carbocycles. The highest BCUT2D eigenvalue weighted by Gasteiger charge is 2.57. The van der Waals surface area contributed by atoms with Crippen LogP contribution in [0.5, 0.6) is 0 Å². The maximum Gasteiger partial charge on any atom is 0.119 e. The number of rotatable bonds is 4. The molecule has 0 amide bonds. The van der Waals surface area contributed by atoms with Crippen molar-refractivity contribution in [3.8, 4) is 0 Å². The first-order valence-electron chi connectivity index (χ1n) is 8.32. The van der Waals surface area contributed by atoms with Crippen LogP contribution in [0, 0.1) is 23.7 Å². The molecule has 20 heavy (non-hydrogen) atoms. The Hall–Kier alpha value is -0.860. The van der Waals surface area contributed by atoms with Crippen molar-refractivity contribution in [3.05, 3.63) is 35.9 Å². The summed E-state index contributed by atoms with van der Waals surface area (Å²) in [6, 6.07) is 10.6. The van der Waals surface area contributed by atoms with E-state index in [4.69, 9.17) is 0 Å². The van der Waals surface area contributed by atoms with Crippen molar-refractivity contribution in [3.63, 3.8) is 0 Å². The largest absolute Gasteiger partial charge is 0.383 e. The molecule has 0 radical (unpaired) electrons. The minimum absolute atomic E-state index is 0.373. The van der Waals surface area contributed by atoms with Gasteiger partial charge in [0.25, 0.3) is 0 Å². The standard InChI is InChI=1S/C18H25NO/c20-18(12-19-11-13-4-2-1-3-5-13)16-7-14-6-15(9-16)10-17(18)8-14/h1-5,14-17,19-20H,6-12H2/p+1. The van der Waals surface area contributed by atoms with E-state index < -0.39 is 0 Å². The number of hydrogen-bond donors (Lipinski definition) is 2. The van der Waals surface area contributed by atoms with Gasteiger partial charge in [0, 0.05) is 5.56 Å². The van der Waals surface area contributed by atoms with Gasteiger partial charge in [0.2, 0.25) is 0 Å². The summed E-state index contributed by atoms with van der Waals surface area (Å²) in [5.74, 6) is 3.05. The van der Waals surface area contributed by atoms with Crippen molar-refractivity contribution in [2.45, 2.75) is 44.2 Å². The minimum atomic E-state index is -0.373. The molecule has 3 N–H and O–H groups in total. The number of quaternary nitrogens is 1. The first kappa shape index (κ1) is 12.8. The van der Waals surface area contributed by atoms with Crippen molar-refractivity contribution in [2.75, 3.05) is 6.54 Å². The summed E-state index contributed by atoms with van der Waals surface area (Å²) < 4.78 is 0. The molecule has 2 heteroatoms. The van der Waals surface area contributed by atoms with Gasteiger partial charge in [0.1, 0.15) is 18.7 Å². The van der Waals surface area contributed by atoms with Crippen molar-refractivity contribution >= 4 is 0 Å². The fourth-order valence-corrected chi connectivity index (χ4v) is 5.42. The fraction of sp³-hybridized carbons (Fsp3) is 0.667. The smallest absolute Gasteiger partial charge is 0.119 e. The summed E-state index contributed by atoms with van der Waals surface area (Å²) in [5.41, 5.74) is 0.988. The Morgan fingerprint density at radius 3 is 2.15 bits per heavy atom.